The van der Waals surface area contributed by atoms with Crippen molar-refractivity contribution in [2.45, 2.75) is 51.2 Å². The summed E-state index contributed by atoms with van der Waals surface area (Å²) in [7, 11) is 0. The smallest absolute Gasteiger partial charge is 0.148 e. The lowest BCUT2D eigenvalue weighted by atomic mass is 10.0. The van der Waals surface area contributed by atoms with Crippen molar-refractivity contribution in [2.75, 3.05) is 23.5 Å². The molecule has 3 rings (SSSR count). The lowest BCUT2D eigenvalue weighted by Crippen LogP contribution is -2.49. The highest BCUT2D eigenvalue weighted by atomic mass is 16.5. The molecule has 6 heteroatoms. The molecule has 0 spiro atoms. The maximum Gasteiger partial charge on any atom is 0.148 e. The number of morpholine rings is 1. The van der Waals surface area contributed by atoms with E-state index in [1.807, 2.05) is 0 Å². The molecule has 20 heavy (non-hydrogen) atoms. The number of nitrogens with one attached hydrogen (secondary N) is 1. The van der Waals surface area contributed by atoms with Crippen molar-refractivity contribution in [3.8, 4) is 0 Å². The van der Waals surface area contributed by atoms with E-state index in [9.17, 15) is 0 Å². The van der Waals surface area contributed by atoms with Crippen LogP contribution in [0.25, 0.3) is 0 Å². The van der Waals surface area contributed by atoms with Crippen molar-refractivity contribution in [1.29, 1.82) is 0 Å². The quantitative estimate of drug-likeness (QED) is 0.646. The molecule has 2 aliphatic rings. The minimum Gasteiger partial charge on any atom is -0.374 e. The number of aromatic nitrogens is 2. The number of nitrogens with two attached hydrogens (primary N) is 1. The summed E-state index contributed by atoms with van der Waals surface area (Å²) < 4.78 is 5.89. The number of anilines is 2. The topological polar surface area (TPSA) is 76.3 Å². The highest BCUT2D eigenvalue weighted by Crippen LogP contribution is 2.37. The van der Waals surface area contributed by atoms with Crippen molar-refractivity contribution < 1.29 is 4.74 Å². The fourth-order valence-electron chi connectivity index (χ4n) is 3.45. The Morgan fingerprint density at radius 1 is 1.40 bits per heavy atom. The van der Waals surface area contributed by atoms with Crippen LogP contribution in [0.4, 0.5) is 11.6 Å². The van der Waals surface area contributed by atoms with Gasteiger partial charge in [0.05, 0.1) is 18.8 Å². The first-order valence-electron chi connectivity index (χ1n) is 7.42. The van der Waals surface area contributed by atoms with Crippen LogP contribution in [0.1, 0.15) is 44.6 Å². The van der Waals surface area contributed by atoms with Gasteiger partial charge in [0.2, 0.25) is 0 Å². The third-order valence-corrected chi connectivity index (χ3v) is 4.33. The van der Waals surface area contributed by atoms with Gasteiger partial charge in [0.1, 0.15) is 18.0 Å². The molecule has 1 aliphatic carbocycles. The van der Waals surface area contributed by atoms with Gasteiger partial charge >= 0.3 is 0 Å². The molecule has 1 aromatic heterocycles. The molecular weight excluding hydrogens is 254 g/mol. The van der Waals surface area contributed by atoms with Gasteiger partial charge < -0.3 is 15.1 Å². The van der Waals surface area contributed by atoms with E-state index in [1.54, 1.807) is 6.33 Å². The first kappa shape index (κ1) is 13.6. The highest BCUT2D eigenvalue weighted by molar-refractivity contribution is 5.60. The van der Waals surface area contributed by atoms with E-state index in [-0.39, 0.29) is 0 Å². The van der Waals surface area contributed by atoms with Crippen molar-refractivity contribution in [1.82, 2.24) is 9.97 Å². The van der Waals surface area contributed by atoms with Crippen LogP contribution in [0, 0.1) is 0 Å². The summed E-state index contributed by atoms with van der Waals surface area (Å²) in [6.07, 6.45) is 5.52. The van der Waals surface area contributed by atoms with Gasteiger partial charge in [-0.15, -0.1) is 0 Å². The molecule has 1 aromatic rings. The molecule has 3 N–H and O–H groups in total. The molecule has 110 valence electrons. The second-order valence-electron chi connectivity index (χ2n) is 5.86. The Kier molecular flexibility index (Phi) is 3.76. The zero-order chi connectivity index (χ0) is 14.1. The van der Waals surface area contributed by atoms with Crippen LogP contribution in [0.3, 0.4) is 0 Å². The molecule has 0 aromatic carbocycles. The molecule has 0 bridgehead atoms. The van der Waals surface area contributed by atoms with Crippen LogP contribution < -0.4 is 16.2 Å². The van der Waals surface area contributed by atoms with Gasteiger partial charge in [-0.25, -0.2) is 15.8 Å². The largest absolute Gasteiger partial charge is 0.374 e. The van der Waals surface area contributed by atoms with E-state index in [2.05, 4.69) is 34.1 Å². The van der Waals surface area contributed by atoms with Crippen LogP contribution in [-0.4, -0.2) is 35.3 Å². The van der Waals surface area contributed by atoms with Gasteiger partial charge in [-0.1, -0.05) is 13.8 Å². The van der Waals surface area contributed by atoms with E-state index in [0.717, 1.165) is 36.8 Å². The summed E-state index contributed by atoms with van der Waals surface area (Å²) in [6.45, 7) is 5.96. The van der Waals surface area contributed by atoms with E-state index in [1.165, 1.54) is 12.8 Å². The fraction of sp³-hybridized carbons (Fsp3) is 0.714. The number of ether oxygens (including phenoxy) is 1. The van der Waals surface area contributed by atoms with Crippen molar-refractivity contribution in [2.24, 2.45) is 5.84 Å². The van der Waals surface area contributed by atoms with Crippen molar-refractivity contribution >= 4 is 11.6 Å². The highest BCUT2D eigenvalue weighted by Gasteiger charge is 2.38. The Balaban J connectivity index is 2.00. The summed E-state index contributed by atoms with van der Waals surface area (Å²) in [5.74, 6) is 7.67. The Hall–Kier alpha value is -1.40. The van der Waals surface area contributed by atoms with Crippen LogP contribution >= 0.6 is 0 Å². The summed E-state index contributed by atoms with van der Waals surface area (Å²) in [5, 5.41) is 0. The zero-order valence-electron chi connectivity index (χ0n) is 12.2. The van der Waals surface area contributed by atoms with E-state index in [4.69, 9.17) is 10.6 Å². The van der Waals surface area contributed by atoms with Gasteiger partial charge in [-0.3, -0.25) is 0 Å². The van der Waals surface area contributed by atoms with E-state index < -0.39 is 0 Å². The maximum absolute atomic E-state index is 5.89. The van der Waals surface area contributed by atoms with Gasteiger partial charge in [-0.2, -0.15) is 0 Å². The molecule has 1 saturated carbocycles. The third-order valence-electron chi connectivity index (χ3n) is 4.33. The van der Waals surface area contributed by atoms with Gasteiger partial charge in [0.15, 0.2) is 0 Å². The number of hydrazine groups is 1. The second-order valence-corrected chi connectivity index (χ2v) is 5.86. The maximum atomic E-state index is 5.89. The first-order chi connectivity index (χ1) is 9.72. The number of nitrogens with zero attached hydrogens (tertiary/aromatic N) is 3. The summed E-state index contributed by atoms with van der Waals surface area (Å²) in [6, 6.07) is 0.446. The van der Waals surface area contributed by atoms with Gasteiger partial charge in [-0.05, 0) is 25.2 Å². The summed E-state index contributed by atoms with van der Waals surface area (Å²) >= 11 is 0. The van der Waals surface area contributed by atoms with Crippen LogP contribution in [0.5, 0.6) is 0 Å². The predicted octanol–water partition coefficient (Wildman–Crippen LogP) is 1.64. The monoisotopic (exact) mass is 277 g/mol. The molecule has 1 aliphatic heterocycles. The molecule has 1 saturated heterocycles. The molecule has 0 amide bonds. The average molecular weight is 277 g/mol. The van der Waals surface area contributed by atoms with Crippen LogP contribution in [-0.2, 0) is 4.74 Å². The Morgan fingerprint density at radius 3 is 3.00 bits per heavy atom. The number of rotatable bonds is 3. The lowest BCUT2D eigenvalue weighted by molar-refractivity contribution is 0.0252. The molecule has 2 fully saturated rings. The van der Waals surface area contributed by atoms with Crippen LogP contribution in [0.15, 0.2) is 6.33 Å². The average Bonchev–Trinajstić information content (AvgIpc) is 2.94. The van der Waals surface area contributed by atoms with E-state index in [0.29, 0.717) is 18.1 Å². The normalized spacial score (nSPS) is 25.9. The SMILES string of the molecule is CC(C)c1c(NN)ncnc1N1CCOC2CCCC21. The summed E-state index contributed by atoms with van der Waals surface area (Å²) in [5.41, 5.74) is 3.81. The summed E-state index contributed by atoms with van der Waals surface area (Å²) in [4.78, 5) is 11.2. The lowest BCUT2D eigenvalue weighted by Gasteiger charge is -2.39. The van der Waals surface area contributed by atoms with E-state index >= 15 is 0 Å². The minimum atomic E-state index is 0.319. The van der Waals surface area contributed by atoms with Gasteiger partial charge in [0.25, 0.3) is 0 Å². The standard InChI is InChI=1S/C14H23N5O/c1-9(2)12-13(18-15)16-8-17-14(12)19-6-7-20-11-5-3-4-10(11)19/h8-11H,3-7,15H2,1-2H3,(H,16,17,18). The molecule has 2 unspecified atom stereocenters. The Labute approximate surface area is 119 Å². The predicted molar refractivity (Wildman–Crippen MR) is 78.7 cm³/mol. The number of fused-ring (bicyclic) bond motifs is 1. The zero-order valence-corrected chi connectivity index (χ0v) is 12.2. The van der Waals surface area contributed by atoms with Crippen LogP contribution in [0.2, 0.25) is 0 Å². The number of hydrogen-bond donors (Lipinski definition) is 2. The Morgan fingerprint density at radius 2 is 2.25 bits per heavy atom. The van der Waals surface area contributed by atoms with Gasteiger partial charge in [0, 0.05) is 12.1 Å². The molecule has 2 heterocycles. The fourth-order valence-corrected chi connectivity index (χ4v) is 3.45. The first-order valence-corrected chi connectivity index (χ1v) is 7.42. The molecule has 0 radical (unpaired) electrons. The Bertz CT molecular complexity index is 479. The molecule has 2 atom stereocenters. The second kappa shape index (κ2) is 5.54. The number of nitrogen functional groups attached to an aromatic ring is 1. The third kappa shape index (κ3) is 2.23. The molecule has 6 nitrogen and oxygen atoms in total. The van der Waals surface area contributed by atoms with Crippen molar-refractivity contribution in [3.05, 3.63) is 11.9 Å². The van der Waals surface area contributed by atoms with Crippen molar-refractivity contribution in [3.63, 3.8) is 0 Å². The molecular formula is C14H23N5O. The minimum absolute atomic E-state index is 0.319. The number of hydrogen-bond acceptors (Lipinski definition) is 6.